The fourth-order valence-electron chi connectivity index (χ4n) is 2.22. The molecule has 0 radical (unpaired) electrons. The van der Waals surface area contributed by atoms with E-state index in [4.69, 9.17) is 12.2 Å². The molecule has 0 aliphatic heterocycles. The second kappa shape index (κ2) is 5.52. The Kier molecular flexibility index (Phi) is 4.14. The third kappa shape index (κ3) is 2.85. The summed E-state index contributed by atoms with van der Waals surface area (Å²) in [6.45, 7) is 11.0. The number of hydrogen-bond donors (Lipinski definition) is 1. The molecule has 1 heterocycles. The fraction of sp³-hybridized carbons (Fsp3) is 0.500. The van der Waals surface area contributed by atoms with Crippen molar-refractivity contribution in [3.8, 4) is 11.4 Å². The van der Waals surface area contributed by atoms with Crippen LogP contribution < -0.4 is 0 Å². The zero-order chi connectivity index (χ0) is 14.9. The molecule has 20 heavy (non-hydrogen) atoms. The SMILES string of the molecule is CCC(C)n1c(-c2ccc(C(C)(C)C)cc2)n[nH]c1=S. The first-order valence-corrected chi connectivity index (χ1v) is 7.53. The second-order valence-electron chi connectivity index (χ2n) is 6.31. The average molecular weight is 289 g/mol. The molecule has 2 rings (SSSR count). The quantitative estimate of drug-likeness (QED) is 0.817. The van der Waals surface area contributed by atoms with E-state index in [2.05, 4.69) is 73.6 Å². The molecule has 0 bridgehead atoms. The van der Waals surface area contributed by atoms with Crippen LogP contribution >= 0.6 is 12.2 Å². The van der Waals surface area contributed by atoms with Crippen LogP contribution in [0.25, 0.3) is 11.4 Å². The van der Waals surface area contributed by atoms with Gasteiger partial charge in [0.2, 0.25) is 0 Å². The predicted molar refractivity (Wildman–Crippen MR) is 86.5 cm³/mol. The molecule has 1 atom stereocenters. The van der Waals surface area contributed by atoms with Crippen LogP contribution in [0.1, 0.15) is 52.6 Å². The summed E-state index contributed by atoms with van der Waals surface area (Å²) in [5.74, 6) is 0.921. The third-order valence-electron chi connectivity index (χ3n) is 3.75. The maximum atomic E-state index is 5.35. The van der Waals surface area contributed by atoms with E-state index in [9.17, 15) is 0 Å². The molecular weight excluding hydrogens is 266 g/mol. The Morgan fingerprint density at radius 2 is 1.85 bits per heavy atom. The molecule has 3 nitrogen and oxygen atoms in total. The first kappa shape index (κ1) is 15.0. The maximum Gasteiger partial charge on any atom is 0.195 e. The summed E-state index contributed by atoms with van der Waals surface area (Å²) in [5, 5.41) is 7.30. The highest BCUT2D eigenvalue weighted by molar-refractivity contribution is 7.71. The van der Waals surface area contributed by atoms with Crippen molar-refractivity contribution >= 4 is 12.2 Å². The van der Waals surface area contributed by atoms with Gasteiger partial charge in [-0.15, -0.1) is 0 Å². The van der Waals surface area contributed by atoms with E-state index in [1.54, 1.807) is 0 Å². The minimum atomic E-state index is 0.167. The van der Waals surface area contributed by atoms with E-state index < -0.39 is 0 Å². The van der Waals surface area contributed by atoms with Crippen molar-refractivity contribution in [2.24, 2.45) is 0 Å². The van der Waals surface area contributed by atoms with Crippen LogP contribution in [0, 0.1) is 4.77 Å². The summed E-state index contributed by atoms with van der Waals surface area (Å²) >= 11 is 5.35. The van der Waals surface area contributed by atoms with Gasteiger partial charge in [0.05, 0.1) is 0 Å². The van der Waals surface area contributed by atoms with E-state index in [1.165, 1.54) is 5.56 Å². The summed E-state index contributed by atoms with van der Waals surface area (Å²) in [7, 11) is 0. The number of nitrogens with zero attached hydrogens (tertiary/aromatic N) is 2. The van der Waals surface area contributed by atoms with Crippen LogP contribution in [0.3, 0.4) is 0 Å². The monoisotopic (exact) mass is 289 g/mol. The lowest BCUT2D eigenvalue weighted by molar-refractivity contribution is 0.528. The third-order valence-corrected chi connectivity index (χ3v) is 4.03. The smallest absolute Gasteiger partial charge is 0.195 e. The topological polar surface area (TPSA) is 33.6 Å². The Bertz CT molecular complexity index is 629. The van der Waals surface area contributed by atoms with Gasteiger partial charge >= 0.3 is 0 Å². The van der Waals surface area contributed by atoms with Gasteiger partial charge in [0.1, 0.15) is 0 Å². The second-order valence-corrected chi connectivity index (χ2v) is 6.69. The number of nitrogens with one attached hydrogen (secondary N) is 1. The minimum absolute atomic E-state index is 0.167. The average Bonchev–Trinajstić information content (AvgIpc) is 2.79. The van der Waals surface area contributed by atoms with Crippen molar-refractivity contribution in [3.63, 3.8) is 0 Å². The molecule has 4 heteroatoms. The van der Waals surface area contributed by atoms with E-state index >= 15 is 0 Å². The highest BCUT2D eigenvalue weighted by Gasteiger charge is 2.16. The van der Waals surface area contributed by atoms with Crippen LogP contribution in [0.2, 0.25) is 0 Å². The van der Waals surface area contributed by atoms with Gasteiger partial charge in [-0.25, -0.2) is 0 Å². The number of rotatable bonds is 3. The molecule has 108 valence electrons. The summed E-state index contributed by atoms with van der Waals surface area (Å²) in [4.78, 5) is 0. The highest BCUT2D eigenvalue weighted by Crippen LogP contribution is 2.27. The van der Waals surface area contributed by atoms with E-state index in [0.717, 1.165) is 17.8 Å². The number of aromatic nitrogens is 3. The molecule has 1 aromatic carbocycles. The molecule has 1 N–H and O–H groups in total. The molecule has 0 fully saturated rings. The van der Waals surface area contributed by atoms with Crippen molar-refractivity contribution < 1.29 is 0 Å². The van der Waals surface area contributed by atoms with Crippen LogP contribution in [0.5, 0.6) is 0 Å². The van der Waals surface area contributed by atoms with Gasteiger partial charge in [-0.1, -0.05) is 52.0 Å². The largest absolute Gasteiger partial charge is 0.297 e. The zero-order valence-corrected chi connectivity index (χ0v) is 13.7. The van der Waals surface area contributed by atoms with Gasteiger partial charge in [-0.05, 0) is 36.5 Å². The van der Waals surface area contributed by atoms with E-state index in [0.29, 0.717) is 10.8 Å². The summed E-state index contributed by atoms with van der Waals surface area (Å²) < 4.78 is 2.79. The standard InChI is InChI=1S/C16H23N3S/c1-6-11(2)19-14(17-18-15(19)20)12-7-9-13(10-8-12)16(3,4)5/h7-11H,6H2,1-5H3,(H,18,20). The van der Waals surface area contributed by atoms with Crippen molar-refractivity contribution in [2.75, 3.05) is 0 Å². The van der Waals surface area contributed by atoms with Crippen molar-refractivity contribution in [2.45, 2.75) is 52.5 Å². The highest BCUT2D eigenvalue weighted by atomic mass is 32.1. The normalized spacial score (nSPS) is 13.4. The van der Waals surface area contributed by atoms with Crippen LogP contribution in [0.15, 0.2) is 24.3 Å². The lowest BCUT2D eigenvalue weighted by atomic mass is 9.86. The number of benzene rings is 1. The van der Waals surface area contributed by atoms with Crippen LogP contribution in [-0.4, -0.2) is 14.8 Å². The van der Waals surface area contributed by atoms with Crippen LogP contribution in [-0.2, 0) is 5.41 Å². The van der Waals surface area contributed by atoms with Crippen LogP contribution in [0.4, 0.5) is 0 Å². The molecule has 0 aliphatic carbocycles. The molecule has 1 aromatic heterocycles. The summed E-state index contributed by atoms with van der Waals surface area (Å²) in [6.07, 6.45) is 1.03. The number of H-pyrrole nitrogens is 1. The van der Waals surface area contributed by atoms with E-state index in [-0.39, 0.29) is 5.41 Å². The molecule has 0 amide bonds. The van der Waals surface area contributed by atoms with E-state index in [1.807, 2.05) is 0 Å². The van der Waals surface area contributed by atoms with Crippen molar-refractivity contribution in [3.05, 3.63) is 34.6 Å². The molecule has 2 aromatic rings. The van der Waals surface area contributed by atoms with Gasteiger partial charge in [-0.2, -0.15) is 5.10 Å². The zero-order valence-electron chi connectivity index (χ0n) is 12.9. The molecule has 0 aliphatic rings. The van der Waals surface area contributed by atoms with Crippen molar-refractivity contribution in [1.82, 2.24) is 14.8 Å². The molecule has 1 unspecified atom stereocenters. The number of aromatic amines is 1. The maximum absolute atomic E-state index is 5.35. The number of hydrogen-bond acceptors (Lipinski definition) is 2. The first-order valence-electron chi connectivity index (χ1n) is 7.12. The Labute approximate surface area is 126 Å². The minimum Gasteiger partial charge on any atom is -0.297 e. The van der Waals surface area contributed by atoms with Gasteiger partial charge in [0.25, 0.3) is 0 Å². The van der Waals surface area contributed by atoms with Gasteiger partial charge in [-0.3, -0.25) is 9.67 Å². The summed E-state index contributed by atoms with van der Waals surface area (Å²) in [5.41, 5.74) is 2.59. The molecule has 0 spiro atoms. The van der Waals surface area contributed by atoms with Gasteiger partial charge in [0, 0.05) is 11.6 Å². The Morgan fingerprint density at radius 3 is 2.35 bits per heavy atom. The summed E-state index contributed by atoms with van der Waals surface area (Å²) in [6, 6.07) is 8.95. The predicted octanol–water partition coefficient (Wildman–Crippen LogP) is 4.88. The van der Waals surface area contributed by atoms with Gasteiger partial charge in [0.15, 0.2) is 10.6 Å². The fourth-order valence-corrected chi connectivity index (χ4v) is 2.53. The first-order chi connectivity index (χ1) is 9.34. The lowest BCUT2D eigenvalue weighted by Crippen LogP contribution is -2.11. The Hall–Kier alpha value is -1.42. The molecular formula is C16H23N3S. The Morgan fingerprint density at radius 1 is 1.25 bits per heavy atom. The van der Waals surface area contributed by atoms with Gasteiger partial charge < -0.3 is 0 Å². The lowest BCUT2D eigenvalue weighted by Gasteiger charge is -2.19. The Balaban J connectivity index is 2.45. The molecule has 0 saturated carbocycles. The molecule has 0 saturated heterocycles. The van der Waals surface area contributed by atoms with Crippen molar-refractivity contribution in [1.29, 1.82) is 0 Å².